The molecule has 0 bridgehead atoms. The maximum absolute atomic E-state index is 12.3. The molecule has 1 aliphatic rings. The van der Waals surface area contributed by atoms with Crippen LogP contribution in [-0.4, -0.2) is 36.4 Å². The van der Waals surface area contributed by atoms with Gasteiger partial charge in [-0.3, -0.25) is 9.59 Å². The molecule has 7 heteroatoms. The van der Waals surface area contributed by atoms with Crippen LogP contribution in [0.1, 0.15) is 19.8 Å². The molecule has 21 heavy (non-hydrogen) atoms. The summed E-state index contributed by atoms with van der Waals surface area (Å²) in [6, 6.07) is 4.65. The number of anilines is 2. The lowest BCUT2D eigenvalue weighted by atomic mass is 10.2. The fraction of sp³-hybridized carbons (Fsp3) is 0.429. The lowest BCUT2D eigenvalue weighted by Crippen LogP contribution is -2.42. The van der Waals surface area contributed by atoms with Gasteiger partial charge in [0.25, 0.3) is 0 Å². The lowest BCUT2D eigenvalue weighted by Gasteiger charge is -2.22. The fourth-order valence-corrected chi connectivity index (χ4v) is 2.40. The molecule has 0 aromatic heterocycles. The van der Waals surface area contributed by atoms with Crippen LogP contribution in [0.4, 0.5) is 11.4 Å². The number of nitrogen functional groups attached to an aromatic ring is 1. The van der Waals surface area contributed by atoms with Gasteiger partial charge in [-0.1, -0.05) is 0 Å². The summed E-state index contributed by atoms with van der Waals surface area (Å²) in [6.07, 6.45) is 1.51. The predicted octanol–water partition coefficient (Wildman–Crippen LogP) is 1.65. The van der Waals surface area contributed by atoms with Crippen LogP contribution in [0.3, 0.4) is 0 Å². The smallest absolute Gasteiger partial charge is 0.247 e. The van der Waals surface area contributed by atoms with Gasteiger partial charge in [-0.25, -0.2) is 0 Å². The van der Waals surface area contributed by atoms with Crippen LogP contribution in [0.25, 0.3) is 0 Å². The number of nitrogens with one attached hydrogen (secondary N) is 1. The van der Waals surface area contributed by atoms with Gasteiger partial charge < -0.3 is 20.7 Å². The number of halogens is 1. The predicted molar refractivity (Wildman–Crippen MR) is 83.7 cm³/mol. The van der Waals surface area contributed by atoms with E-state index in [0.717, 1.165) is 6.42 Å². The first-order chi connectivity index (χ1) is 9.52. The number of hydrogen-bond donors (Lipinski definition) is 2. The summed E-state index contributed by atoms with van der Waals surface area (Å²) in [5.41, 5.74) is 6.80. The minimum absolute atomic E-state index is 0. The molecule has 2 rings (SSSR count). The number of hydrogen-bond acceptors (Lipinski definition) is 4. The number of amides is 2. The number of carbonyl (C=O) groups excluding carboxylic acids is 2. The van der Waals surface area contributed by atoms with Crippen molar-refractivity contribution in [2.45, 2.75) is 25.8 Å². The highest BCUT2D eigenvalue weighted by atomic mass is 35.5. The maximum atomic E-state index is 12.3. The summed E-state index contributed by atoms with van der Waals surface area (Å²) in [4.78, 5) is 25.4. The molecule has 1 heterocycles. The van der Waals surface area contributed by atoms with E-state index in [1.807, 2.05) is 0 Å². The Morgan fingerprint density at radius 3 is 2.76 bits per heavy atom. The highest BCUT2D eigenvalue weighted by molar-refractivity contribution is 5.99. The second-order valence-corrected chi connectivity index (χ2v) is 4.81. The molecule has 1 fully saturated rings. The Labute approximate surface area is 130 Å². The van der Waals surface area contributed by atoms with Crippen molar-refractivity contribution in [3.8, 4) is 5.75 Å². The van der Waals surface area contributed by atoms with Crippen molar-refractivity contribution >= 4 is 35.6 Å². The maximum Gasteiger partial charge on any atom is 0.247 e. The Kier molecular flexibility index (Phi) is 5.84. The number of rotatable bonds is 3. The number of methoxy groups -OCH3 is 1. The zero-order valence-corrected chi connectivity index (χ0v) is 12.9. The minimum atomic E-state index is -0.418. The molecule has 1 aliphatic heterocycles. The molecule has 0 radical (unpaired) electrons. The average molecular weight is 314 g/mol. The monoisotopic (exact) mass is 313 g/mol. The van der Waals surface area contributed by atoms with Gasteiger partial charge in [-0.15, -0.1) is 12.4 Å². The summed E-state index contributed by atoms with van der Waals surface area (Å²) in [5, 5.41) is 2.77. The van der Waals surface area contributed by atoms with Crippen molar-refractivity contribution in [1.29, 1.82) is 0 Å². The minimum Gasteiger partial charge on any atom is -0.497 e. The molecular formula is C14H20ClN3O3. The molecule has 2 amide bonds. The van der Waals surface area contributed by atoms with E-state index in [4.69, 9.17) is 10.5 Å². The number of carbonyl (C=O) groups is 2. The zero-order valence-electron chi connectivity index (χ0n) is 12.1. The standard InChI is InChI=1S/C14H19N3O3.ClH/c1-9(18)17-7-3-4-13(17)14(19)16-12-8-10(20-2)5-6-11(12)15;/h5-6,8,13H,3-4,7,15H2,1-2H3,(H,16,19);1H. The summed E-state index contributed by atoms with van der Waals surface area (Å²) >= 11 is 0. The molecule has 0 saturated carbocycles. The number of nitrogens with zero attached hydrogens (tertiary/aromatic N) is 1. The fourth-order valence-electron chi connectivity index (χ4n) is 2.40. The third-order valence-corrected chi connectivity index (χ3v) is 3.48. The van der Waals surface area contributed by atoms with Crippen LogP contribution < -0.4 is 15.8 Å². The molecule has 6 nitrogen and oxygen atoms in total. The first-order valence-electron chi connectivity index (χ1n) is 6.54. The van der Waals surface area contributed by atoms with Gasteiger partial charge in [0.15, 0.2) is 0 Å². The van der Waals surface area contributed by atoms with Crippen LogP contribution in [-0.2, 0) is 9.59 Å². The molecule has 0 aliphatic carbocycles. The zero-order chi connectivity index (χ0) is 14.7. The van der Waals surface area contributed by atoms with E-state index >= 15 is 0 Å². The van der Waals surface area contributed by atoms with E-state index in [1.165, 1.54) is 6.92 Å². The Morgan fingerprint density at radius 2 is 2.14 bits per heavy atom. The van der Waals surface area contributed by atoms with E-state index in [0.29, 0.717) is 30.1 Å². The number of benzene rings is 1. The molecule has 1 aromatic rings. The molecular weight excluding hydrogens is 294 g/mol. The van der Waals surface area contributed by atoms with Crippen LogP contribution >= 0.6 is 12.4 Å². The first-order valence-corrected chi connectivity index (χ1v) is 6.54. The van der Waals surface area contributed by atoms with E-state index in [1.54, 1.807) is 30.2 Å². The van der Waals surface area contributed by atoms with E-state index < -0.39 is 6.04 Å². The summed E-state index contributed by atoms with van der Waals surface area (Å²) in [7, 11) is 1.55. The first kappa shape index (κ1) is 17.1. The topological polar surface area (TPSA) is 84.7 Å². The van der Waals surface area contributed by atoms with E-state index in [-0.39, 0.29) is 24.2 Å². The second kappa shape index (κ2) is 7.17. The molecule has 1 atom stereocenters. The highest BCUT2D eigenvalue weighted by Crippen LogP contribution is 2.26. The van der Waals surface area contributed by atoms with Gasteiger partial charge >= 0.3 is 0 Å². The van der Waals surface area contributed by atoms with E-state index in [2.05, 4.69) is 5.32 Å². The molecule has 1 unspecified atom stereocenters. The Hall–Kier alpha value is -1.95. The van der Waals surface area contributed by atoms with Crippen molar-refractivity contribution in [1.82, 2.24) is 4.90 Å². The van der Waals surface area contributed by atoms with E-state index in [9.17, 15) is 9.59 Å². The van der Waals surface area contributed by atoms with Crippen LogP contribution in [0.5, 0.6) is 5.75 Å². The Bertz CT molecular complexity index is 536. The largest absolute Gasteiger partial charge is 0.497 e. The summed E-state index contributed by atoms with van der Waals surface area (Å²) in [5.74, 6) is 0.322. The van der Waals surface area contributed by atoms with Crippen LogP contribution in [0.15, 0.2) is 18.2 Å². The highest BCUT2D eigenvalue weighted by Gasteiger charge is 2.32. The van der Waals surface area contributed by atoms with Crippen LogP contribution in [0.2, 0.25) is 0 Å². The quantitative estimate of drug-likeness (QED) is 0.831. The van der Waals surface area contributed by atoms with Gasteiger partial charge in [0.1, 0.15) is 11.8 Å². The Balaban J connectivity index is 0.00000220. The van der Waals surface area contributed by atoms with Crippen molar-refractivity contribution in [2.75, 3.05) is 24.7 Å². The van der Waals surface area contributed by atoms with Crippen molar-refractivity contribution in [2.24, 2.45) is 0 Å². The third kappa shape index (κ3) is 3.78. The van der Waals surface area contributed by atoms with Gasteiger partial charge in [0.05, 0.1) is 18.5 Å². The van der Waals surface area contributed by atoms with Gasteiger partial charge in [-0.05, 0) is 25.0 Å². The van der Waals surface area contributed by atoms with Gasteiger partial charge in [0, 0.05) is 19.5 Å². The third-order valence-electron chi connectivity index (χ3n) is 3.48. The molecule has 1 aromatic carbocycles. The van der Waals surface area contributed by atoms with Crippen molar-refractivity contribution < 1.29 is 14.3 Å². The van der Waals surface area contributed by atoms with Crippen LogP contribution in [0, 0.1) is 0 Å². The summed E-state index contributed by atoms with van der Waals surface area (Å²) < 4.78 is 5.10. The number of nitrogens with two attached hydrogens (primary N) is 1. The summed E-state index contributed by atoms with van der Waals surface area (Å²) in [6.45, 7) is 2.10. The van der Waals surface area contributed by atoms with Crippen molar-refractivity contribution in [3.63, 3.8) is 0 Å². The molecule has 0 spiro atoms. The normalized spacial score (nSPS) is 17.0. The SMILES string of the molecule is COc1ccc(N)c(NC(=O)C2CCCN2C(C)=O)c1.Cl. The lowest BCUT2D eigenvalue weighted by molar-refractivity contribution is -0.134. The molecule has 3 N–H and O–H groups in total. The van der Waals surface area contributed by atoms with Gasteiger partial charge in [-0.2, -0.15) is 0 Å². The van der Waals surface area contributed by atoms with Crippen molar-refractivity contribution in [3.05, 3.63) is 18.2 Å². The second-order valence-electron chi connectivity index (χ2n) is 4.81. The molecule has 116 valence electrons. The Morgan fingerprint density at radius 1 is 1.43 bits per heavy atom. The average Bonchev–Trinajstić information content (AvgIpc) is 2.90. The molecule has 1 saturated heterocycles. The van der Waals surface area contributed by atoms with Gasteiger partial charge in [0.2, 0.25) is 11.8 Å². The number of likely N-dealkylation sites (tertiary alicyclic amines) is 1. The number of ether oxygens (including phenoxy) is 1.